The smallest absolute Gasteiger partial charge is 0.122 e. The van der Waals surface area contributed by atoms with Gasteiger partial charge in [-0.3, -0.25) is 0 Å². The highest BCUT2D eigenvalue weighted by Gasteiger charge is 2.42. The van der Waals surface area contributed by atoms with Crippen molar-refractivity contribution in [2.75, 3.05) is 13.7 Å². The standard InChI is InChI=1S/C13H17ClO2/c1-9-5-12(16-2)10(6-11(9)14)7-13(8-15)3-4-13/h5-6,15H,3-4,7-8H2,1-2H3. The zero-order chi connectivity index (χ0) is 11.8. The molecule has 0 heterocycles. The summed E-state index contributed by atoms with van der Waals surface area (Å²) in [5.41, 5.74) is 2.21. The first-order valence-corrected chi connectivity index (χ1v) is 5.92. The third-order valence-corrected chi connectivity index (χ3v) is 3.83. The van der Waals surface area contributed by atoms with Gasteiger partial charge in [-0.2, -0.15) is 0 Å². The first kappa shape index (κ1) is 11.7. The summed E-state index contributed by atoms with van der Waals surface area (Å²) in [6.45, 7) is 2.22. The highest BCUT2D eigenvalue weighted by Crippen LogP contribution is 2.49. The van der Waals surface area contributed by atoms with E-state index in [-0.39, 0.29) is 12.0 Å². The number of aliphatic hydroxyl groups excluding tert-OH is 1. The van der Waals surface area contributed by atoms with Crippen LogP contribution in [0.4, 0.5) is 0 Å². The highest BCUT2D eigenvalue weighted by atomic mass is 35.5. The van der Waals surface area contributed by atoms with Crippen molar-refractivity contribution < 1.29 is 9.84 Å². The Morgan fingerprint density at radius 1 is 1.44 bits per heavy atom. The molecule has 1 aromatic carbocycles. The fourth-order valence-electron chi connectivity index (χ4n) is 2.00. The molecule has 0 unspecified atom stereocenters. The van der Waals surface area contributed by atoms with Gasteiger partial charge in [0.15, 0.2) is 0 Å². The van der Waals surface area contributed by atoms with E-state index < -0.39 is 0 Å². The van der Waals surface area contributed by atoms with Crippen LogP contribution in [-0.2, 0) is 6.42 Å². The van der Waals surface area contributed by atoms with Crippen LogP contribution in [0.5, 0.6) is 5.75 Å². The van der Waals surface area contributed by atoms with Crippen LogP contribution in [-0.4, -0.2) is 18.8 Å². The second-order valence-electron chi connectivity index (χ2n) is 4.75. The van der Waals surface area contributed by atoms with Crippen molar-refractivity contribution >= 4 is 11.6 Å². The molecule has 0 saturated heterocycles. The Morgan fingerprint density at radius 3 is 2.62 bits per heavy atom. The lowest BCUT2D eigenvalue weighted by Gasteiger charge is -2.15. The van der Waals surface area contributed by atoms with Gasteiger partial charge in [0.25, 0.3) is 0 Å². The average Bonchev–Trinajstić information content (AvgIpc) is 3.04. The van der Waals surface area contributed by atoms with E-state index in [4.69, 9.17) is 16.3 Å². The number of hydrogen-bond acceptors (Lipinski definition) is 2. The minimum Gasteiger partial charge on any atom is -0.496 e. The van der Waals surface area contributed by atoms with Gasteiger partial charge >= 0.3 is 0 Å². The molecule has 1 aromatic rings. The average molecular weight is 241 g/mol. The lowest BCUT2D eigenvalue weighted by molar-refractivity contribution is 0.210. The molecule has 0 spiro atoms. The summed E-state index contributed by atoms with van der Waals surface area (Å²) in [6.07, 6.45) is 3.04. The molecule has 0 bridgehead atoms. The third kappa shape index (κ3) is 2.18. The fraction of sp³-hybridized carbons (Fsp3) is 0.538. The summed E-state index contributed by atoms with van der Waals surface area (Å²) in [5, 5.41) is 10.1. The Morgan fingerprint density at radius 2 is 2.12 bits per heavy atom. The molecule has 1 aliphatic carbocycles. The maximum absolute atomic E-state index is 9.33. The number of halogens is 1. The Balaban J connectivity index is 2.28. The van der Waals surface area contributed by atoms with Gasteiger partial charge in [-0.25, -0.2) is 0 Å². The Hall–Kier alpha value is -0.730. The normalized spacial score (nSPS) is 17.2. The van der Waals surface area contributed by atoms with Crippen molar-refractivity contribution in [3.8, 4) is 5.75 Å². The van der Waals surface area contributed by atoms with Crippen molar-refractivity contribution in [3.05, 3.63) is 28.3 Å². The van der Waals surface area contributed by atoms with Crippen molar-refractivity contribution in [1.82, 2.24) is 0 Å². The molecule has 3 heteroatoms. The number of benzene rings is 1. The molecule has 16 heavy (non-hydrogen) atoms. The SMILES string of the molecule is COc1cc(C)c(Cl)cc1CC1(CO)CC1. The summed E-state index contributed by atoms with van der Waals surface area (Å²) in [5.74, 6) is 0.877. The number of hydrogen-bond donors (Lipinski definition) is 1. The third-order valence-electron chi connectivity index (χ3n) is 3.42. The molecule has 1 aliphatic rings. The van der Waals surface area contributed by atoms with E-state index in [1.807, 2.05) is 19.1 Å². The highest BCUT2D eigenvalue weighted by molar-refractivity contribution is 6.31. The summed E-state index contributed by atoms with van der Waals surface area (Å²) in [6, 6.07) is 3.93. The van der Waals surface area contributed by atoms with Crippen LogP contribution in [0.1, 0.15) is 24.0 Å². The molecule has 0 aromatic heterocycles. The van der Waals surface area contributed by atoms with E-state index >= 15 is 0 Å². The van der Waals surface area contributed by atoms with Gasteiger partial charge in [-0.1, -0.05) is 11.6 Å². The van der Waals surface area contributed by atoms with Crippen LogP contribution in [0.15, 0.2) is 12.1 Å². The molecule has 2 nitrogen and oxygen atoms in total. The number of aliphatic hydroxyl groups is 1. The topological polar surface area (TPSA) is 29.5 Å². The van der Waals surface area contributed by atoms with Gasteiger partial charge in [0.05, 0.1) is 7.11 Å². The van der Waals surface area contributed by atoms with Crippen LogP contribution >= 0.6 is 11.6 Å². The zero-order valence-electron chi connectivity index (χ0n) is 9.72. The monoisotopic (exact) mass is 240 g/mol. The molecule has 0 radical (unpaired) electrons. The summed E-state index contributed by atoms with van der Waals surface area (Å²) < 4.78 is 5.36. The second-order valence-corrected chi connectivity index (χ2v) is 5.16. The lowest BCUT2D eigenvalue weighted by atomic mass is 9.96. The molecule has 0 amide bonds. The van der Waals surface area contributed by atoms with Crippen molar-refractivity contribution in [3.63, 3.8) is 0 Å². The Bertz CT molecular complexity index is 397. The number of aryl methyl sites for hydroxylation is 1. The molecule has 2 rings (SSSR count). The van der Waals surface area contributed by atoms with Crippen LogP contribution in [0.25, 0.3) is 0 Å². The van der Waals surface area contributed by atoms with E-state index in [2.05, 4.69) is 0 Å². The predicted octanol–water partition coefficient (Wildman–Crippen LogP) is 2.97. The molecule has 1 fully saturated rings. The molecule has 1 saturated carbocycles. The molecule has 0 atom stereocenters. The van der Waals surface area contributed by atoms with Gasteiger partial charge < -0.3 is 9.84 Å². The van der Waals surface area contributed by atoms with Crippen LogP contribution in [0.3, 0.4) is 0 Å². The summed E-state index contributed by atoms with van der Waals surface area (Å²) in [4.78, 5) is 0. The first-order chi connectivity index (χ1) is 7.60. The maximum Gasteiger partial charge on any atom is 0.122 e. The van der Waals surface area contributed by atoms with E-state index in [1.165, 1.54) is 0 Å². The van der Waals surface area contributed by atoms with Crippen LogP contribution in [0.2, 0.25) is 5.02 Å². The maximum atomic E-state index is 9.33. The van der Waals surface area contributed by atoms with E-state index in [0.717, 1.165) is 41.2 Å². The minimum absolute atomic E-state index is 0.0892. The number of methoxy groups -OCH3 is 1. The second kappa shape index (κ2) is 4.27. The summed E-state index contributed by atoms with van der Waals surface area (Å²) >= 11 is 6.12. The molecular formula is C13H17ClO2. The van der Waals surface area contributed by atoms with Crippen LogP contribution in [0, 0.1) is 12.3 Å². The van der Waals surface area contributed by atoms with E-state index in [9.17, 15) is 5.11 Å². The lowest BCUT2D eigenvalue weighted by Crippen LogP contribution is -2.11. The Kier molecular flexibility index (Phi) is 3.13. The summed E-state index contributed by atoms with van der Waals surface area (Å²) in [7, 11) is 1.67. The molecule has 88 valence electrons. The van der Waals surface area contributed by atoms with Crippen molar-refractivity contribution in [1.29, 1.82) is 0 Å². The minimum atomic E-state index is 0.0892. The number of rotatable bonds is 4. The predicted molar refractivity (Wildman–Crippen MR) is 65.2 cm³/mol. The quantitative estimate of drug-likeness (QED) is 0.877. The van der Waals surface area contributed by atoms with Gasteiger partial charge in [0.1, 0.15) is 5.75 Å². The van der Waals surface area contributed by atoms with E-state index in [0.29, 0.717) is 0 Å². The van der Waals surface area contributed by atoms with Gasteiger partial charge in [0, 0.05) is 11.6 Å². The van der Waals surface area contributed by atoms with Gasteiger partial charge in [-0.05, 0) is 54.9 Å². The molecular weight excluding hydrogens is 224 g/mol. The van der Waals surface area contributed by atoms with Crippen molar-refractivity contribution in [2.24, 2.45) is 5.41 Å². The first-order valence-electron chi connectivity index (χ1n) is 5.54. The fourth-order valence-corrected chi connectivity index (χ4v) is 2.18. The largest absolute Gasteiger partial charge is 0.496 e. The van der Waals surface area contributed by atoms with Crippen molar-refractivity contribution in [2.45, 2.75) is 26.2 Å². The zero-order valence-corrected chi connectivity index (χ0v) is 10.5. The van der Waals surface area contributed by atoms with E-state index in [1.54, 1.807) is 7.11 Å². The van der Waals surface area contributed by atoms with Gasteiger partial charge in [0.2, 0.25) is 0 Å². The Labute approximate surface area is 101 Å². The number of ether oxygens (including phenoxy) is 1. The molecule has 1 N–H and O–H groups in total. The molecule has 0 aliphatic heterocycles. The van der Waals surface area contributed by atoms with Gasteiger partial charge in [-0.15, -0.1) is 0 Å². The van der Waals surface area contributed by atoms with Crippen LogP contribution < -0.4 is 4.74 Å².